The second-order valence-electron chi connectivity index (χ2n) is 5.53. The van der Waals surface area contributed by atoms with E-state index in [1.807, 2.05) is 14.0 Å². The van der Waals surface area contributed by atoms with E-state index in [1.165, 1.54) is 0 Å². The summed E-state index contributed by atoms with van der Waals surface area (Å²) in [5.74, 6) is 1.02. The summed E-state index contributed by atoms with van der Waals surface area (Å²) in [6.45, 7) is 5.36. The molecule has 1 aromatic heterocycles. The Bertz CT molecular complexity index is 721. The van der Waals surface area contributed by atoms with Crippen molar-refractivity contribution in [2.75, 3.05) is 7.05 Å². The van der Waals surface area contributed by atoms with Gasteiger partial charge in [0.15, 0.2) is 15.7 Å². The highest BCUT2D eigenvalue weighted by atomic mass is 32.2. The van der Waals surface area contributed by atoms with Crippen LogP contribution in [0.5, 0.6) is 0 Å². The molecule has 0 aliphatic heterocycles. The van der Waals surface area contributed by atoms with Crippen molar-refractivity contribution in [3.8, 4) is 11.5 Å². The molecule has 0 bridgehead atoms. The van der Waals surface area contributed by atoms with Crippen molar-refractivity contribution in [1.29, 1.82) is 0 Å². The van der Waals surface area contributed by atoms with E-state index < -0.39 is 15.1 Å². The van der Waals surface area contributed by atoms with Crippen LogP contribution in [0, 0.1) is 0 Å². The first-order valence-electron chi connectivity index (χ1n) is 7.18. The Kier molecular flexibility index (Phi) is 4.97. The molecule has 0 aliphatic carbocycles. The second kappa shape index (κ2) is 6.58. The lowest BCUT2D eigenvalue weighted by Gasteiger charge is -2.07. The Hall–Kier alpha value is -1.73. The zero-order valence-corrected chi connectivity index (χ0v) is 14.0. The first-order valence-corrected chi connectivity index (χ1v) is 8.73. The normalized spacial score (nSPS) is 13.5. The van der Waals surface area contributed by atoms with Gasteiger partial charge in [-0.2, -0.15) is 4.98 Å². The van der Waals surface area contributed by atoms with E-state index in [4.69, 9.17) is 4.52 Å². The van der Waals surface area contributed by atoms with Crippen LogP contribution in [0.2, 0.25) is 0 Å². The minimum absolute atomic E-state index is 0.254. The molecule has 1 N–H and O–H groups in total. The van der Waals surface area contributed by atoms with E-state index >= 15 is 0 Å². The third-order valence-corrected chi connectivity index (χ3v) is 5.67. The molecule has 22 heavy (non-hydrogen) atoms. The van der Waals surface area contributed by atoms with Crippen LogP contribution >= 0.6 is 0 Å². The highest BCUT2D eigenvalue weighted by Crippen LogP contribution is 2.22. The number of nitrogens with one attached hydrogen (secondary N) is 1. The molecule has 0 aliphatic rings. The summed E-state index contributed by atoms with van der Waals surface area (Å²) in [5, 5.41) is 6.60. The van der Waals surface area contributed by atoms with Crippen molar-refractivity contribution in [3.63, 3.8) is 0 Å². The van der Waals surface area contributed by atoms with Crippen LogP contribution in [0.4, 0.5) is 0 Å². The summed E-state index contributed by atoms with van der Waals surface area (Å²) in [5.41, 5.74) is 0.707. The maximum absolute atomic E-state index is 12.1. The smallest absolute Gasteiger partial charge is 0.257 e. The van der Waals surface area contributed by atoms with Gasteiger partial charge in [0.1, 0.15) is 0 Å². The Balaban J connectivity index is 2.21. The van der Waals surface area contributed by atoms with Crippen molar-refractivity contribution in [2.24, 2.45) is 0 Å². The van der Waals surface area contributed by atoms with E-state index in [0.29, 0.717) is 28.6 Å². The molecule has 0 spiro atoms. The molecule has 0 fully saturated rings. The molecule has 1 heterocycles. The zero-order chi connectivity index (χ0) is 16.3. The Morgan fingerprint density at radius 1 is 1.18 bits per heavy atom. The number of sulfone groups is 1. The predicted molar refractivity (Wildman–Crippen MR) is 84.3 cm³/mol. The number of benzene rings is 1. The number of aromatic nitrogens is 2. The van der Waals surface area contributed by atoms with E-state index in [1.54, 1.807) is 38.1 Å². The van der Waals surface area contributed by atoms with Gasteiger partial charge in [0, 0.05) is 18.0 Å². The Labute approximate surface area is 130 Å². The van der Waals surface area contributed by atoms with Gasteiger partial charge in [-0.1, -0.05) is 5.16 Å². The van der Waals surface area contributed by atoms with Crippen molar-refractivity contribution >= 4 is 9.84 Å². The maximum atomic E-state index is 12.1. The van der Waals surface area contributed by atoms with Crippen molar-refractivity contribution in [1.82, 2.24) is 15.5 Å². The van der Waals surface area contributed by atoms with Gasteiger partial charge in [0.2, 0.25) is 0 Å². The van der Waals surface area contributed by atoms with Crippen molar-refractivity contribution in [3.05, 3.63) is 30.1 Å². The predicted octanol–water partition coefficient (Wildman–Crippen LogP) is 2.07. The summed E-state index contributed by atoms with van der Waals surface area (Å²) in [6.07, 6.45) is 0.666. The van der Waals surface area contributed by atoms with Gasteiger partial charge in [0.25, 0.3) is 5.89 Å². The van der Waals surface area contributed by atoms with Crippen LogP contribution in [-0.4, -0.2) is 36.9 Å². The second-order valence-corrected chi connectivity index (χ2v) is 8.03. The molecule has 0 saturated carbocycles. The topological polar surface area (TPSA) is 85.1 Å². The zero-order valence-electron chi connectivity index (χ0n) is 13.2. The van der Waals surface area contributed by atoms with Crippen LogP contribution in [-0.2, 0) is 16.3 Å². The summed E-state index contributed by atoms with van der Waals surface area (Å²) < 4.78 is 29.4. The van der Waals surface area contributed by atoms with Gasteiger partial charge >= 0.3 is 0 Å². The van der Waals surface area contributed by atoms with E-state index in [-0.39, 0.29) is 6.04 Å². The highest BCUT2D eigenvalue weighted by Gasteiger charge is 2.19. The SMILES string of the molecule is CNC(C)Cc1noc(-c2ccc(S(=O)(=O)C(C)C)cc2)n1. The fourth-order valence-electron chi connectivity index (χ4n) is 1.89. The lowest BCUT2D eigenvalue weighted by atomic mass is 10.2. The molecule has 6 nitrogen and oxygen atoms in total. The maximum Gasteiger partial charge on any atom is 0.257 e. The number of hydrogen-bond donors (Lipinski definition) is 1. The molecule has 2 aromatic rings. The minimum Gasteiger partial charge on any atom is -0.334 e. The lowest BCUT2D eigenvalue weighted by Crippen LogP contribution is -2.24. The van der Waals surface area contributed by atoms with Gasteiger partial charge in [0.05, 0.1) is 10.1 Å². The van der Waals surface area contributed by atoms with Gasteiger partial charge in [-0.05, 0) is 52.1 Å². The van der Waals surface area contributed by atoms with Gasteiger partial charge in [-0.3, -0.25) is 0 Å². The van der Waals surface area contributed by atoms with Crippen LogP contribution < -0.4 is 5.32 Å². The first-order chi connectivity index (χ1) is 10.3. The van der Waals surface area contributed by atoms with Gasteiger partial charge in [-0.25, -0.2) is 8.42 Å². The molecule has 0 radical (unpaired) electrons. The first kappa shape index (κ1) is 16.6. The molecule has 0 saturated heterocycles. The standard InChI is InChI=1S/C15H21N3O3S/c1-10(2)22(19,20)13-7-5-12(6-8-13)15-17-14(18-21-15)9-11(3)16-4/h5-8,10-11,16H,9H2,1-4H3. The summed E-state index contributed by atoms with van der Waals surface area (Å²) in [6, 6.07) is 6.78. The summed E-state index contributed by atoms with van der Waals surface area (Å²) in [4.78, 5) is 4.63. The minimum atomic E-state index is -3.26. The Morgan fingerprint density at radius 3 is 2.36 bits per heavy atom. The summed E-state index contributed by atoms with van der Waals surface area (Å²) in [7, 11) is -1.39. The Morgan fingerprint density at radius 2 is 1.82 bits per heavy atom. The molecule has 1 atom stereocenters. The number of nitrogens with zero attached hydrogens (tertiary/aromatic N) is 2. The number of hydrogen-bond acceptors (Lipinski definition) is 6. The van der Waals surface area contributed by atoms with Crippen LogP contribution in [0.1, 0.15) is 26.6 Å². The third-order valence-electron chi connectivity index (χ3n) is 3.50. The van der Waals surface area contributed by atoms with E-state index in [2.05, 4.69) is 15.5 Å². The van der Waals surface area contributed by atoms with Crippen molar-refractivity contribution in [2.45, 2.75) is 43.4 Å². The molecule has 120 valence electrons. The van der Waals surface area contributed by atoms with Gasteiger partial charge < -0.3 is 9.84 Å². The summed E-state index contributed by atoms with van der Waals surface area (Å²) >= 11 is 0. The molecule has 1 aromatic carbocycles. The third kappa shape index (κ3) is 3.53. The lowest BCUT2D eigenvalue weighted by molar-refractivity contribution is 0.418. The number of likely N-dealkylation sites (N-methyl/N-ethyl adjacent to an activating group) is 1. The van der Waals surface area contributed by atoms with Crippen LogP contribution in [0.15, 0.2) is 33.7 Å². The van der Waals surface area contributed by atoms with Crippen LogP contribution in [0.3, 0.4) is 0 Å². The van der Waals surface area contributed by atoms with E-state index in [9.17, 15) is 8.42 Å². The average Bonchev–Trinajstić information content (AvgIpc) is 2.95. The van der Waals surface area contributed by atoms with Crippen LogP contribution in [0.25, 0.3) is 11.5 Å². The fourth-order valence-corrected chi connectivity index (χ4v) is 2.95. The molecular weight excluding hydrogens is 302 g/mol. The molecule has 0 amide bonds. The van der Waals surface area contributed by atoms with Gasteiger partial charge in [-0.15, -0.1) is 0 Å². The molecular formula is C15H21N3O3S. The van der Waals surface area contributed by atoms with E-state index in [0.717, 1.165) is 0 Å². The molecule has 1 unspecified atom stereocenters. The fraction of sp³-hybridized carbons (Fsp3) is 0.467. The number of rotatable bonds is 6. The monoisotopic (exact) mass is 323 g/mol. The highest BCUT2D eigenvalue weighted by molar-refractivity contribution is 7.92. The molecule has 7 heteroatoms. The quantitative estimate of drug-likeness (QED) is 0.876. The average molecular weight is 323 g/mol. The largest absolute Gasteiger partial charge is 0.334 e. The molecule has 2 rings (SSSR count). The van der Waals surface area contributed by atoms with Crippen molar-refractivity contribution < 1.29 is 12.9 Å².